The first-order valence-electron chi connectivity index (χ1n) is 11.6. The topological polar surface area (TPSA) is 97.7 Å². The van der Waals surface area contributed by atoms with Crippen LogP contribution in [0.1, 0.15) is 44.7 Å². The number of rotatable bonds is 7. The van der Waals surface area contributed by atoms with E-state index in [-0.39, 0.29) is 11.9 Å². The highest BCUT2D eigenvalue weighted by Crippen LogP contribution is 2.46. The molecule has 1 aliphatic heterocycles. The first-order chi connectivity index (χ1) is 15.4. The molecule has 7 heteroatoms. The normalized spacial score (nSPS) is 18.9. The number of anilines is 3. The molecule has 2 heterocycles. The van der Waals surface area contributed by atoms with Crippen molar-refractivity contribution in [1.82, 2.24) is 9.88 Å². The summed E-state index contributed by atoms with van der Waals surface area (Å²) in [5.74, 6) is 1.78. The Balaban J connectivity index is 1.63. The van der Waals surface area contributed by atoms with Gasteiger partial charge in [-0.25, -0.2) is 4.98 Å². The van der Waals surface area contributed by atoms with Gasteiger partial charge in [-0.15, -0.1) is 0 Å². The summed E-state index contributed by atoms with van der Waals surface area (Å²) < 4.78 is 5.11. The van der Waals surface area contributed by atoms with Crippen LogP contribution in [-0.4, -0.2) is 55.2 Å². The number of hydrogen-bond acceptors (Lipinski definition) is 6. The first-order valence-corrected chi connectivity index (χ1v) is 11.6. The lowest BCUT2D eigenvalue weighted by atomic mass is 9.97. The van der Waals surface area contributed by atoms with Crippen molar-refractivity contribution in [2.75, 3.05) is 49.7 Å². The van der Waals surface area contributed by atoms with Crippen molar-refractivity contribution in [3.8, 4) is 11.1 Å². The Morgan fingerprint density at radius 1 is 1.16 bits per heavy atom. The molecular weight excluding hydrogens is 402 g/mol. The minimum Gasteiger partial charge on any atom is -0.398 e. The minimum atomic E-state index is 0.114. The molecule has 1 aliphatic carbocycles. The van der Waals surface area contributed by atoms with Crippen LogP contribution in [0.15, 0.2) is 30.3 Å². The molecule has 2 aromatic rings. The zero-order valence-electron chi connectivity index (χ0n) is 19.4. The number of carbonyl (C=O) groups excluding carboxylic acids is 1. The molecule has 1 amide bonds. The number of ether oxygens (including phenoxy) is 1. The summed E-state index contributed by atoms with van der Waals surface area (Å²) in [6.07, 6.45) is 2.71. The van der Waals surface area contributed by atoms with Crippen molar-refractivity contribution in [3.05, 3.63) is 36.0 Å². The number of amides is 1. The summed E-state index contributed by atoms with van der Waals surface area (Å²) in [4.78, 5) is 22.1. The molecule has 0 unspecified atom stereocenters. The van der Waals surface area contributed by atoms with Gasteiger partial charge in [0.2, 0.25) is 5.91 Å². The van der Waals surface area contributed by atoms with Gasteiger partial charge in [0, 0.05) is 49.5 Å². The van der Waals surface area contributed by atoms with Crippen molar-refractivity contribution < 1.29 is 9.53 Å². The Morgan fingerprint density at radius 3 is 2.56 bits per heavy atom. The monoisotopic (exact) mass is 437 g/mol. The van der Waals surface area contributed by atoms with Crippen molar-refractivity contribution in [3.63, 3.8) is 0 Å². The molecular formula is C25H35N5O2. The number of aromatic nitrogens is 1. The van der Waals surface area contributed by atoms with E-state index in [0.717, 1.165) is 54.3 Å². The molecule has 1 saturated heterocycles. The van der Waals surface area contributed by atoms with Crippen LogP contribution < -0.4 is 16.4 Å². The fourth-order valence-corrected chi connectivity index (χ4v) is 4.63. The molecule has 4 rings (SSSR count). The van der Waals surface area contributed by atoms with Crippen LogP contribution in [-0.2, 0) is 9.53 Å². The summed E-state index contributed by atoms with van der Waals surface area (Å²) in [6, 6.07) is 10.1. The highest BCUT2D eigenvalue weighted by Gasteiger charge is 2.35. The number of benzene rings is 1. The molecule has 1 aromatic carbocycles. The number of carbonyl (C=O) groups is 1. The lowest BCUT2D eigenvalue weighted by molar-refractivity contribution is -0.135. The third-order valence-corrected chi connectivity index (χ3v) is 6.60. The van der Waals surface area contributed by atoms with Gasteiger partial charge in [0.1, 0.15) is 0 Å². The largest absolute Gasteiger partial charge is 0.398 e. The minimum absolute atomic E-state index is 0.114. The molecule has 0 bridgehead atoms. The van der Waals surface area contributed by atoms with E-state index in [1.807, 2.05) is 35.2 Å². The molecule has 2 fully saturated rings. The number of para-hydroxylation sites is 1. The second-order valence-electron chi connectivity index (χ2n) is 9.28. The molecule has 7 nitrogen and oxygen atoms in total. The second kappa shape index (κ2) is 9.36. The van der Waals surface area contributed by atoms with Crippen LogP contribution in [0.5, 0.6) is 0 Å². The molecule has 172 valence electrons. The number of nitrogens with two attached hydrogens (primary N) is 2. The van der Waals surface area contributed by atoms with Crippen LogP contribution in [0.25, 0.3) is 11.1 Å². The highest BCUT2D eigenvalue weighted by atomic mass is 16.5. The number of nitrogens with zero attached hydrogens (tertiary/aromatic N) is 3. The summed E-state index contributed by atoms with van der Waals surface area (Å²) in [7, 11) is 1.63. The third kappa shape index (κ3) is 4.53. The number of pyridine rings is 1. The van der Waals surface area contributed by atoms with E-state index in [2.05, 4.69) is 18.7 Å². The van der Waals surface area contributed by atoms with Crippen molar-refractivity contribution >= 4 is 23.1 Å². The predicted octanol–water partition coefficient (Wildman–Crippen LogP) is 3.50. The Kier molecular flexibility index (Phi) is 6.55. The van der Waals surface area contributed by atoms with Gasteiger partial charge in [-0.2, -0.15) is 0 Å². The summed E-state index contributed by atoms with van der Waals surface area (Å²) >= 11 is 0. The lowest BCUT2D eigenvalue weighted by Crippen LogP contribution is -2.57. The van der Waals surface area contributed by atoms with E-state index in [4.69, 9.17) is 21.2 Å². The van der Waals surface area contributed by atoms with Gasteiger partial charge < -0.3 is 26.0 Å². The van der Waals surface area contributed by atoms with Crippen LogP contribution in [0.3, 0.4) is 0 Å². The molecule has 0 spiro atoms. The van der Waals surface area contributed by atoms with Gasteiger partial charge >= 0.3 is 0 Å². The zero-order valence-corrected chi connectivity index (χ0v) is 19.4. The Hall–Kier alpha value is -2.80. The molecule has 0 radical (unpaired) electrons. The van der Waals surface area contributed by atoms with Crippen molar-refractivity contribution in [2.45, 2.75) is 45.1 Å². The third-order valence-electron chi connectivity index (χ3n) is 6.60. The van der Waals surface area contributed by atoms with Gasteiger partial charge in [-0.3, -0.25) is 4.79 Å². The maximum atomic E-state index is 12.7. The molecule has 4 N–H and O–H groups in total. The summed E-state index contributed by atoms with van der Waals surface area (Å²) in [5, 5.41) is 0. The van der Waals surface area contributed by atoms with Crippen LogP contribution in [0.2, 0.25) is 0 Å². The van der Waals surface area contributed by atoms with E-state index < -0.39 is 0 Å². The standard InChI is InChI=1S/C25H35N5O2/c1-16(2)22-15-29(11-12-30(22)23(31)10-13-32-3)25-21(27)14-19(24(28-25)17-8-9-17)18-6-4-5-7-20(18)26/h4-7,14,16-17,22H,8-13,15,26-27H2,1-3H3/t22-/m0/s1. The first kappa shape index (κ1) is 22.4. The molecule has 1 aromatic heterocycles. The second-order valence-corrected chi connectivity index (χ2v) is 9.28. The predicted molar refractivity (Wildman–Crippen MR) is 130 cm³/mol. The Bertz CT molecular complexity index is 973. The van der Waals surface area contributed by atoms with Crippen molar-refractivity contribution in [1.29, 1.82) is 0 Å². The van der Waals surface area contributed by atoms with Gasteiger partial charge in [-0.1, -0.05) is 32.0 Å². The summed E-state index contributed by atoms with van der Waals surface area (Å²) in [6.45, 7) is 6.89. The smallest absolute Gasteiger partial charge is 0.225 e. The van der Waals surface area contributed by atoms with E-state index in [1.165, 1.54) is 0 Å². The Labute approximate surface area is 190 Å². The van der Waals surface area contributed by atoms with Crippen LogP contribution >= 0.6 is 0 Å². The average molecular weight is 438 g/mol. The SMILES string of the molecule is COCCC(=O)N1CCN(c2nc(C3CC3)c(-c3ccccc3N)cc2N)C[C@H]1C(C)C. The lowest BCUT2D eigenvalue weighted by Gasteiger charge is -2.44. The van der Waals surface area contributed by atoms with Gasteiger partial charge in [-0.05, 0) is 30.9 Å². The zero-order chi connectivity index (χ0) is 22.8. The van der Waals surface area contributed by atoms with Crippen LogP contribution in [0, 0.1) is 5.92 Å². The molecule has 1 saturated carbocycles. The molecule has 1 atom stereocenters. The number of piperazine rings is 1. The van der Waals surface area contributed by atoms with E-state index >= 15 is 0 Å². The molecule has 32 heavy (non-hydrogen) atoms. The number of methoxy groups -OCH3 is 1. The fraction of sp³-hybridized carbons (Fsp3) is 0.520. The highest BCUT2D eigenvalue weighted by molar-refractivity contribution is 5.83. The maximum absolute atomic E-state index is 12.7. The average Bonchev–Trinajstić information content (AvgIpc) is 3.62. The fourth-order valence-electron chi connectivity index (χ4n) is 4.63. The number of hydrogen-bond donors (Lipinski definition) is 2. The quantitative estimate of drug-likeness (QED) is 0.644. The van der Waals surface area contributed by atoms with Crippen molar-refractivity contribution in [2.24, 2.45) is 5.92 Å². The van der Waals surface area contributed by atoms with E-state index in [0.29, 0.717) is 37.1 Å². The van der Waals surface area contributed by atoms with E-state index in [9.17, 15) is 4.79 Å². The van der Waals surface area contributed by atoms with Gasteiger partial charge in [0.05, 0.1) is 30.5 Å². The number of nitrogen functional groups attached to an aromatic ring is 2. The van der Waals surface area contributed by atoms with E-state index in [1.54, 1.807) is 7.11 Å². The van der Waals surface area contributed by atoms with Gasteiger partial charge in [0.15, 0.2) is 5.82 Å². The summed E-state index contributed by atoms with van der Waals surface area (Å²) in [5.41, 5.74) is 17.4. The Morgan fingerprint density at radius 2 is 1.91 bits per heavy atom. The van der Waals surface area contributed by atoms with Crippen LogP contribution in [0.4, 0.5) is 17.2 Å². The molecule has 2 aliphatic rings. The maximum Gasteiger partial charge on any atom is 0.225 e. The van der Waals surface area contributed by atoms with Gasteiger partial charge in [0.25, 0.3) is 0 Å².